The molecule has 1 aliphatic heterocycles. The van der Waals surface area contributed by atoms with Gasteiger partial charge in [-0.15, -0.1) is 0 Å². The molecule has 148 valence electrons. The molecule has 2 aliphatic rings. The van der Waals surface area contributed by atoms with Gasteiger partial charge in [-0.05, 0) is 51.0 Å². The molecule has 0 spiro atoms. The molecule has 1 aromatic carbocycles. The Balaban J connectivity index is 1.57. The third kappa shape index (κ3) is 3.28. The number of benzene rings is 1. The highest BCUT2D eigenvalue weighted by Gasteiger charge is 2.25. The third-order valence-electron chi connectivity index (χ3n) is 5.97. The van der Waals surface area contributed by atoms with Gasteiger partial charge in [-0.3, -0.25) is 9.59 Å². The number of amides is 2. The number of nitrogens with one attached hydrogen (secondary N) is 1. The zero-order chi connectivity index (χ0) is 19.8. The molecular formula is C22H27N3O3. The number of hydrogen-bond acceptors (Lipinski definition) is 3. The van der Waals surface area contributed by atoms with Crippen LogP contribution in [0.25, 0.3) is 0 Å². The Bertz CT molecular complexity index is 925. The molecule has 0 unspecified atom stereocenters. The Hall–Kier alpha value is -2.76. The van der Waals surface area contributed by atoms with Gasteiger partial charge in [0.15, 0.2) is 6.61 Å². The van der Waals surface area contributed by atoms with E-state index in [2.05, 4.69) is 16.8 Å². The quantitative estimate of drug-likeness (QED) is 0.866. The highest BCUT2D eigenvalue weighted by molar-refractivity contribution is 6.06. The standard InChI is InChI=1S/C22H27N3O3/c1-14-11-18(15(2)25(14)17-7-5-4-6-8-17)22(27)23-16-9-10-20-19(12-16)24(3)21(26)13-28-20/h9-12,17H,4-8,13H2,1-3H3,(H,23,27). The van der Waals surface area contributed by atoms with Crippen molar-refractivity contribution >= 4 is 23.2 Å². The van der Waals surface area contributed by atoms with Crippen LogP contribution < -0.4 is 15.0 Å². The number of likely N-dealkylation sites (N-methyl/N-ethyl adjacent to an activating group) is 1. The van der Waals surface area contributed by atoms with Crippen LogP contribution in [-0.4, -0.2) is 30.0 Å². The molecular weight excluding hydrogens is 354 g/mol. The molecule has 0 radical (unpaired) electrons. The summed E-state index contributed by atoms with van der Waals surface area (Å²) >= 11 is 0. The molecule has 6 heteroatoms. The second-order valence-electron chi connectivity index (χ2n) is 7.82. The smallest absolute Gasteiger partial charge is 0.264 e. The predicted octanol–water partition coefficient (Wildman–Crippen LogP) is 4.22. The largest absolute Gasteiger partial charge is 0.482 e. The van der Waals surface area contributed by atoms with Crippen molar-refractivity contribution in [3.63, 3.8) is 0 Å². The van der Waals surface area contributed by atoms with Gasteiger partial charge in [-0.1, -0.05) is 19.3 Å². The van der Waals surface area contributed by atoms with Crippen LogP contribution in [0.15, 0.2) is 24.3 Å². The van der Waals surface area contributed by atoms with Crippen LogP contribution in [0.5, 0.6) is 5.75 Å². The van der Waals surface area contributed by atoms with E-state index in [1.807, 2.05) is 13.0 Å². The first kappa shape index (κ1) is 18.6. The lowest BCUT2D eigenvalue weighted by Gasteiger charge is -2.26. The first-order chi connectivity index (χ1) is 13.5. The van der Waals surface area contributed by atoms with Crippen LogP contribution >= 0.6 is 0 Å². The molecule has 2 aromatic rings. The molecule has 1 N–H and O–H groups in total. The molecule has 6 nitrogen and oxygen atoms in total. The lowest BCUT2D eigenvalue weighted by Crippen LogP contribution is -2.35. The number of nitrogens with zero attached hydrogens (tertiary/aromatic N) is 2. The fraction of sp³-hybridized carbons (Fsp3) is 0.455. The first-order valence-corrected chi connectivity index (χ1v) is 9.99. The van der Waals surface area contributed by atoms with Crippen molar-refractivity contribution in [2.45, 2.75) is 52.0 Å². The minimum atomic E-state index is -0.124. The molecule has 1 saturated carbocycles. The summed E-state index contributed by atoms with van der Waals surface area (Å²) in [6.45, 7) is 4.15. The number of fused-ring (bicyclic) bond motifs is 1. The van der Waals surface area contributed by atoms with Gasteiger partial charge < -0.3 is 19.5 Å². The fourth-order valence-electron chi connectivity index (χ4n) is 4.46. The molecule has 1 aromatic heterocycles. The predicted molar refractivity (Wildman–Crippen MR) is 109 cm³/mol. The third-order valence-corrected chi connectivity index (χ3v) is 5.97. The SMILES string of the molecule is Cc1cc(C(=O)Nc2ccc3c(c2)N(C)C(=O)CO3)c(C)n1C1CCCCC1. The number of anilines is 2. The molecule has 0 bridgehead atoms. The molecule has 28 heavy (non-hydrogen) atoms. The van der Waals surface area contributed by atoms with Gasteiger partial charge in [-0.25, -0.2) is 0 Å². The van der Waals surface area contributed by atoms with Crippen LogP contribution in [0.4, 0.5) is 11.4 Å². The van der Waals surface area contributed by atoms with Gasteiger partial charge >= 0.3 is 0 Å². The van der Waals surface area contributed by atoms with Crippen molar-refractivity contribution in [2.75, 3.05) is 23.9 Å². The minimum Gasteiger partial charge on any atom is -0.482 e. The minimum absolute atomic E-state index is 0.0440. The lowest BCUT2D eigenvalue weighted by atomic mass is 9.95. The summed E-state index contributed by atoms with van der Waals surface area (Å²) in [5.74, 6) is 0.420. The van der Waals surface area contributed by atoms with Crippen molar-refractivity contribution in [1.82, 2.24) is 4.57 Å². The van der Waals surface area contributed by atoms with Crippen LogP contribution in [-0.2, 0) is 4.79 Å². The Labute approximate surface area is 165 Å². The maximum Gasteiger partial charge on any atom is 0.264 e. The number of rotatable bonds is 3. The highest BCUT2D eigenvalue weighted by atomic mass is 16.5. The second kappa shape index (κ2) is 7.34. The van der Waals surface area contributed by atoms with Gasteiger partial charge in [0.05, 0.1) is 11.3 Å². The van der Waals surface area contributed by atoms with E-state index < -0.39 is 0 Å². The van der Waals surface area contributed by atoms with Crippen LogP contribution in [0.2, 0.25) is 0 Å². The monoisotopic (exact) mass is 381 g/mol. The topological polar surface area (TPSA) is 63.6 Å². The van der Waals surface area contributed by atoms with Crippen molar-refractivity contribution in [1.29, 1.82) is 0 Å². The molecule has 2 heterocycles. The maximum atomic E-state index is 13.0. The van der Waals surface area contributed by atoms with E-state index in [0.717, 1.165) is 11.4 Å². The van der Waals surface area contributed by atoms with Gasteiger partial charge in [-0.2, -0.15) is 0 Å². The van der Waals surface area contributed by atoms with Crippen molar-refractivity contribution in [3.8, 4) is 5.75 Å². The van der Waals surface area contributed by atoms with E-state index in [1.165, 1.54) is 32.1 Å². The van der Waals surface area contributed by atoms with E-state index in [1.54, 1.807) is 30.1 Å². The van der Waals surface area contributed by atoms with E-state index >= 15 is 0 Å². The molecule has 1 fully saturated rings. The Kier molecular flexibility index (Phi) is 4.87. The summed E-state index contributed by atoms with van der Waals surface area (Å²) < 4.78 is 7.78. The van der Waals surface area contributed by atoms with E-state index in [0.29, 0.717) is 28.7 Å². The van der Waals surface area contributed by atoms with Crippen molar-refractivity contribution in [2.24, 2.45) is 0 Å². The average molecular weight is 381 g/mol. The zero-order valence-corrected chi connectivity index (χ0v) is 16.7. The zero-order valence-electron chi connectivity index (χ0n) is 16.7. The number of hydrogen-bond donors (Lipinski definition) is 1. The summed E-state index contributed by atoms with van der Waals surface area (Å²) in [5, 5.41) is 2.98. The Morgan fingerprint density at radius 2 is 1.89 bits per heavy atom. The van der Waals surface area contributed by atoms with Crippen LogP contribution in [0.3, 0.4) is 0 Å². The molecule has 2 amide bonds. The number of aryl methyl sites for hydroxylation is 1. The van der Waals surface area contributed by atoms with Crippen LogP contribution in [0.1, 0.15) is 59.9 Å². The lowest BCUT2D eigenvalue weighted by molar-refractivity contribution is -0.120. The number of carbonyl (C=O) groups is 2. The van der Waals surface area contributed by atoms with Crippen molar-refractivity contribution < 1.29 is 14.3 Å². The number of ether oxygens (including phenoxy) is 1. The Morgan fingerprint density at radius 3 is 2.64 bits per heavy atom. The molecule has 0 saturated heterocycles. The van der Waals surface area contributed by atoms with E-state index in [9.17, 15) is 9.59 Å². The molecule has 1 aliphatic carbocycles. The molecule has 0 atom stereocenters. The highest BCUT2D eigenvalue weighted by Crippen LogP contribution is 2.35. The van der Waals surface area contributed by atoms with Crippen molar-refractivity contribution in [3.05, 3.63) is 41.2 Å². The van der Waals surface area contributed by atoms with Crippen LogP contribution in [0, 0.1) is 13.8 Å². The number of aromatic nitrogens is 1. The summed E-state index contributed by atoms with van der Waals surface area (Å²) in [4.78, 5) is 26.4. The first-order valence-electron chi connectivity index (χ1n) is 9.99. The summed E-state index contributed by atoms with van der Waals surface area (Å²) in [5.41, 5.74) is 4.19. The average Bonchev–Trinajstić information content (AvgIpc) is 3.00. The normalized spacial score (nSPS) is 17.2. The van der Waals surface area contributed by atoms with Gasteiger partial charge in [0, 0.05) is 30.2 Å². The summed E-state index contributed by atoms with van der Waals surface area (Å²) in [6, 6.07) is 7.86. The van der Waals surface area contributed by atoms with Gasteiger partial charge in [0.1, 0.15) is 5.75 Å². The Morgan fingerprint density at radius 1 is 1.14 bits per heavy atom. The second-order valence-corrected chi connectivity index (χ2v) is 7.82. The molecule has 4 rings (SSSR count). The van der Waals surface area contributed by atoms with E-state index in [-0.39, 0.29) is 18.4 Å². The maximum absolute atomic E-state index is 13.0. The summed E-state index contributed by atoms with van der Waals surface area (Å²) in [6.07, 6.45) is 6.19. The van der Waals surface area contributed by atoms with E-state index in [4.69, 9.17) is 4.74 Å². The summed E-state index contributed by atoms with van der Waals surface area (Å²) in [7, 11) is 1.72. The van der Waals surface area contributed by atoms with Gasteiger partial charge in [0.25, 0.3) is 11.8 Å². The van der Waals surface area contributed by atoms with Gasteiger partial charge in [0.2, 0.25) is 0 Å². The number of carbonyl (C=O) groups excluding carboxylic acids is 2. The fourth-order valence-corrected chi connectivity index (χ4v) is 4.46.